The van der Waals surface area contributed by atoms with Crippen molar-refractivity contribution in [3.63, 3.8) is 0 Å². The van der Waals surface area contributed by atoms with Crippen LogP contribution in [0.5, 0.6) is 0 Å². The van der Waals surface area contributed by atoms with Crippen LogP contribution in [0.2, 0.25) is 0 Å². The second kappa shape index (κ2) is 9.74. The zero-order chi connectivity index (χ0) is 18.4. The van der Waals surface area contributed by atoms with Crippen molar-refractivity contribution in [3.05, 3.63) is 0 Å². The highest BCUT2D eigenvalue weighted by Gasteiger charge is 2.32. The summed E-state index contributed by atoms with van der Waals surface area (Å²) < 4.78 is 12.8. The minimum Gasteiger partial charge on any atom is -0.377 e. The van der Waals surface area contributed by atoms with E-state index >= 15 is 0 Å². The summed E-state index contributed by atoms with van der Waals surface area (Å²) in [7, 11) is 0. The van der Waals surface area contributed by atoms with Crippen molar-refractivity contribution in [2.45, 2.75) is 118 Å². The molecule has 2 rings (SSSR count). The molecule has 0 aliphatic heterocycles. The average molecular weight is 353 g/mol. The quantitative estimate of drug-likeness (QED) is 0.464. The van der Waals surface area contributed by atoms with Crippen molar-refractivity contribution in [2.75, 3.05) is 6.61 Å². The van der Waals surface area contributed by atoms with Crippen LogP contribution >= 0.6 is 0 Å². The van der Waals surface area contributed by atoms with Gasteiger partial charge >= 0.3 is 0 Å². The second-order valence-electron chi connectivity index (χ2n) is 10.1. The third-order valence-corrected chi connectivity index (χ3v) is 6.85. The highest BCUT2D eigenvalue weighted by Crippen LogP contribution is 2.39. The van der Waals surface area contributed by atoms with Crippen LogP contribution < -0.4 is 0 Å². The van der Waals surface area contributed by atoms with Crippen molar-refractivity contribution in [2.24, 2.45) is 23.2 Å². The molecule has 2 heteroatoms. The lowest BCUT2D eigenvalue weighted by molar-refractivity contribution is -0.0677. The van der Waals surface area contributed by atoms with Crippen LogP contribution in [0.25, 0.3) is 0 Å². The molecule has 0 aromatic carbocycles. The fourth-order valence-corrected chi connectivity index (χ4v) is 4.58. The summed E-state index contributed by atoms with van der Waals surface area (Å²) in [5.74, 6) is 2.00. The molecule has 0 saturated heterocycles. The van der Waals surface area contributed by atoms with E-state index in [0.29, 0.717) is 35.6 Å². The minimum atomic E-state index is 0.378. The first-order chi connectivity index (χ1) is 11.8. The van der Waals surface area contributed by atoms with Crippen LogP contribution in [-0.4, -0.2) is 24.9 Å². The molecular formula is C23H44O2. The Morgan fingerprint density at radius 3 is 2.20 bits per heavy atom. The Morgan fingerprint density at radius 1 is 0.920 bits per heavy atom. The van der Waals surface area contributed by atoms with Gasteiger partial charge in [-0.2, -0.15) is 0 Å². The van der Waals surface area contributed by atoms with Crippen LogP contribution in [0.4, 0.5) is 0 Å². The van der Waals surface area contributed by atoms with Crippen molar-refractivity contribution in [1.82, 2.24) is 0 Å². The van der Waals surface area contributed by atoms with Gasteiger partial charge in [0.05, 0.1) is 24.9 Å². The van der Waals surface area contributed by atoms with Gasteiger partial charge in [0.15, 0.2) is 0 Å². The van der Waals surface area contributed by atoms with Crippen molar-refractivity contribution in [3.8, 4) is 0 Å². The largest absolute Gasteiger partial charge is 0.377 e. The molecule has 148 valence electrons. The molecule has 0 N–H and O–H groups in total. The fraction of sp³-hybridized carbons (Fsp3) is 1.00. The molecule has 0 aromatic rings. The number of hydrogen-bond donors (Lipinski definition) is 0. The lowest BCUT2D eigenvalue weighted by atomic mass is 9.81. The van der Waals surface area contributed by atoms with Crippen LogP contribution in [0.3, 0.4) is 0 Å². The Morgan fingerprint density at radius 2 is 1.60 bits per heavy atom. The van der Waals surface area contributed by atoms with Crippen molar-refractivity contribution in [1.29, 1.82) is 0 Å². The van der Waals surface area contributed by atoms with Gasteiger partial charge in [0.2, 0.25) is 0 Å². The summed E-state index contributed by atoms with van der Waals surface area (Å²) in [6, 6.07) is 0. The van der Waals surface area contributed by atoms with E-state index in [-0.39, 0.29) is 0 Å². The molecule has 2 fully saturated rings. The van der Waals surface area contributed by atoms with Gasteiger partial charge in [0, 0.05) is 0 Å². The smallest absolute Gasteiger partial charge is 0.0600 e. The van der Waals surface area contributed by atoms with E-state index in [1.165, 1.54) is 57.8 Å². The van der Waals surface area contributed by atoms with E-state index in [1.54, 1.807) is 0 Å². The van der Waals surface area contributed by atoms with E-state index in [1.807, 2.05) is 0 Å². The molecule has 0 bridgehead atoms. The first kappa shape index (κ1) is 21.2. The zero-order valence-electron chi connectivity index (χ0n) is 17.9. The summed E-state index contributed by atoms with van der Waals surface area (Å²) in [4.78, 5) is 0. The lowest BCUT2D eigenvalue weighted by Gasteiger charge is -2.35. The molecule has 25 heavy (non-hydrogen) atoms. The van der Waals surface area contributed by atoms with E-state index in [2.05, 4.69) is 41.5 Å². The van der Waals surface area contributed by atoms with E-state index < -0.39 is 0 Å². The minimum absolute atomic E-state index is 0.378. The molecule has 0 spiro atoms. The van der Waals surface area contributed by atoms with Crippen LogP contribution in [-0.2, 0) is 9.47 Å². The highest BCUT2D eigenvalue weighted by molar-refractivity contribution is 4.82. The predicted molar refractivity (Wildman–Crippen MR) is 107 cm³/mol. The molecule has 0 amide bonds. The van der Waals surface area contributed by atoms with Crippen LogP contribution in [0.1, 0.15) is 99.3 Å². The molecule has 0 heterocycles. The summed E-state index contributed by atoms with van der Waals surface area (Å²) in [6.07, 6.45) is 13.1. The number of ether oxygens (including phenoxy) is 2. The van der Waals surface area contributed by atoms with Gasteiger partial charge in [-0.25, -0.2) is 0 Å². The first-order valence-corrected chi connectivity index (χ1v) is 11.1. The molecule has 4 atom stereocenters. The lowest BCUT2D eigenvalue weighted by Crippen LogP contribution is -2.33. The zero-order valence-corrected chi connectivity index (χ0v) is 17.9. The summed E-state index contributed by atoms with van der Waals surface area (Å²) in [5.41, 5.74) is 0.443. The van der Waals surface area contributed by atoms with Crippen molar-refractivity contribution >= 4 is 0 Å². The van der Waals surface area contributed by atoms with Gasteiger partial charge in [-0.3, -0.25) is 0 Å². The molecule has 0 radical (unpaired) electrons. The van der Waals surface area contributed by atoms with Gasteiger partial charge in [-0.15, -0.1) is 0 Å². The molecule has 2 saturated carbocycles. The summed E-state index contributed by atoms with van der Waals surface area (Å²) in [6.45, 7) is 14.8. The van der Waals surface area contributed by atoms with Crippen LogP contribution in [0, 0.1) is 23.2 Å². The highest BCUT2D eigenvalue weighted by atomic mass is 16.5. The Hall–Kier alpha value is -0.0800. The third kappa shape index (κ3) is 6.86. The topological polar surface area (TPSA) is 18.5 Å². The number of rotatable bonds is 9. The summed E-state index contributed by atoms with van der Waals surface area (Å²) >= 11 is 0. The maximum atomic E-state index is 6.51. The van der Waals surface area contributed by atoms with Gasteiger partial charge in [-0.1, -0.05) is 60.3 Å². The first-order valence-electron chi connectivity index (χ1n) is 11.1. The molecule has 3 unspecified atom stereocenters. The van der Waals surface area contributed by atoms with E-state index in [0.717, 1.165) is 12.5 Å². The van der Waals surface area contributed by atoms with E-state index in [4.69, 9.17) is 9.47 Å². The molecule has 2 aliphatic carbocycles. The Bertz CT molecular complexity index is 370. The Labute approximate surface area is 157 Å². The average Bonchev–Trinajstić information content (AvgIpc) is 2.98. The monoisotopic (exact) mass is 352 g/mol. The normalized spacial score (nSPS) is 29.3. The van der Waals surface area contributed by atoms with Gasteiger partial charge in [0.25, 0.3) is 0 Å². The molecule has 0 aromatic heterocycles. The maximum absolute atomic E-state index is 6.51. The fourth-order valence-electron chi connectivity index (χ4n) is 4.58. The van der Waals surface area contributed by atoms with Crippen molar-refractivity contribution < 1.29 is 9.47 Å². The standard InChI is InChI=1S/C23H44O2/c1-17(2)19(5)25-21-11-9-10-20(14-21)15-22(18(3)4)24-16-23(6)12-7-8-13-23/h17-22H,7-16H2,1-6H3/t19-,20?,21?,22?/m1/s1. The molecule has 2 aliphatic rings. The Balaban J connectivity index is 1.81. The third-order valence-electron chi connectivity index (χ3n) is 6.85. The predicted octanol–water partition coefficient (Wildman–Crippen LogP) is 6.62. The maximum Gasteiger partial charge on any atom is 0.0600 e. The summed E-state index contributed by atoms with van der Waals surface area (Å²) in [5, 5.41) is 0. The second-order valence-corrected chi connectivity index (χ2v) is 10.1. The number of hydrogen-bond acceptors (Lipinski definition) is 2. The molecular weight excluding hydrogens is 308 g/mol. The van der Waals surface area contributed by atoms with E-state index in [9.17, 15) is 0 Å². The van der Waals surface area contributed by atoms with Gasteiger partial charge < -0.3 is 9.47 Å². The van der Waals surface area contributed by atoms with Crippen LogP contribution in [0.15, 0.2) is 0 Å². The Kier molecular flexibility index (Phi) is 8.27. The SMILES string of the molecule is CC(C)C(CC1CCCC(O[C@H](C)C(C)C)C1)OCC1(C)CCCC1. The van der Waals surface area contributed by atoms with Gasteiger partial charge in [-0.05, 0) is 62.2 Å². The molecule has 2 nitrogen and oxygen atoms in total. The van der Waals surface area contributed by atoms with Gasteiger partial charge in [0.1, 0.15) is 0 Å².